The van der Waals surface area contributed by atoms with Crippen molar-refractivity contribution in [1.29, 1.82) is 0 Å². The van der Waals surface area contributed by atoms with Crippen molar-refractivity contribution in [1.82, 2.24) is 4.90 Å². The van der Waals surface area contributed by atoms with Crippen molar-refractivity contribution in [3.05, 3.63) is 0 Å². The summed E-state index contributed by atoms with van der Waals surface area (Å²) in [4.78, 5) is 35.8. The molecule has 0 aromatic heterocycles. The van der Waals surface area contributed by atoms with Gasteiger partial charge >= 0.3 is 0 Å². The molecule has 2 rings (SSSR count). The molecule has 1 saturated carbocycles. The fourth-order valence-corrected chi connectivity index (χ4v) is 3.64. The monoisotopic (exact) mass is 295 g/mol. The lowest BCUT2D eigenvalue weighted by Gasteiger charge is -2.36. The summed E-state index contributed by atoms with van der Waals surface area (Å²) in [5.74, 6) is -2.68. The van der Waals surface area contributed by atoms with Gasteiger partial charge in [0.25, 0.3) is 0 Å². The molecule has 0 aromatic rings. The molecule has 0 atom stereocenters. The number of carbonyl (C=O) groups excluding carboxylic acids is 3. The first-order valence-corrected chi connectivity index (χ1v) is 7.60. The minimum atomic E-state index is -1.10. The molecule has 1 saturated heterocycles. The van der Waals surface area contributed by atoms with Crippen LogP contribution in [0.3, 0.4) is 0 Å². The van der Waals surface area contributed by atoms with Gasteiger partial charge in [-0.1, -0.05) is 12.8 Å². The van der Waals surface area contributed by atoms with Gasteiger partial charge in [0.15, 0.2) is 0 Å². The van der Waals surface area contributed by atoms with Crippen LogP contribution in [0.15, 0.2) is 0 Å². The number of carboxylic acid groups (broad SMARTS) is 2. The van der Waals surface area contributed by atoms with Crippen LogP contribution < -0.4 is 10.2 Å². The minimum absolute atomic E-state index is 0.0602. The van der Waals surface area contributed by atoms with E-state index < -0.39 is 23.3 Å². The van der Waals surface area contributed by atoms with Crippen molar-refractivity contribution >= 4 is 17.8 Å². The minimum Gasteiger partial charge on any atom is -0.550 e. The highest BCUT2D eigenvalue weighted by atomic mass is 16.4. The van der Waals surface area contributed by atoms with E-state index in [1.54, 1.807) is 4.90 Å². The van der Waals surface area contributed by atoms with E-state index in [1.165, 1.54) is 0 Å². The third kappa shape index (κ3) is 3.95. The number of amides is 1. The number of nitrogens with zero attached hydrogens (tertiary/aromatic N) is 1. The predicted octanol–water partition coefficient (Wildman–Crippen LogP) is -0.935. The van der Waals surface area contributed by atoms with E-state index in [1.807, 2.05) is 0 Å². The summed E-state index contributed by atoms with van der Waals surface area (Å²) in [5, 5.41) is 21.7. The number of likely N-dealkylation sites (tertiary alicyclic amines) is 1. The van der Waals surface area contributed by atoms with Crippen molar-refractivity contribution in [2.45, 2.75) is 51.4 Å². The third-order valence-electron chi connectivity index (χ3n) is 4.89. The summed E-state index contributed by atoms with van der Waals surface area (Å²) in [6.45, 7) is 0.831. The van der Waals surface area contributed by atoms with Gasteiger partial charge in [0, 0.05) is 37.4 Å². The number of rotatable bonds is 5. The lowest BCUT2D eigenvalue weighted by molar-refractivity contribution is -0.313. The normalized spacial score (nSPS) is 22.2. The molecule has 2 aliphatic rings. The third-order valence-corrected chi connectivity index (χ3v) is 4.89. The summed E-state index contributed by atoms with van der Waals surface area (Å²) in [5.41, 5.74) is -0.457. The van der Waals surface area contributed by atoms with Gasteiger partial charge in [-0.15, -0.1) is 0 Å². The Morgan fingerprint density at radius 3 is 2.05 bits per heavy atom. The molecule has 0 spiro atoms. The Morgan fingerprint density at radius 2 is 1.57 bits per heavy atom. The van der Waals surface area contributed by atoms with E-state index >= 15 is 0 Å². The molecule has 1 aliphatic heterocycles. The Bertz CT molecular complexity index is 420. The van der Waals surface area contributed by atoms with Crippen LogP contribution in [0.2, 0.25) is 0 Å². The summed E-state index contributed by atoms with van der Waals surface area (Å²) in [7, 11) is 0. The highest BCUT2D eigenvalue weighted by Crippen LogP contribution is 2.44. The first-order chi connectivity index (χ1) is 9.92. The molecule has 2 fully saturated rings. The molecule has 0 bridgehead atoms. The molecular weight excluding hydrogens is 274 g/mol. The molecule has 0 aromatic carbocycles. The summed E-state index contributed by atoms with van der Waals surface area (Å²) >= 11 is 0. The van der Waals surface area contributed by atoms with Crippen LogP contribution in [0.4, 0.5) is 0 Å². The molecular formula is C15H21NO5-2. The van der Waals surface area contributed by atoms with E-state index in [4.69, 9.17) is 0 Å². The van der Waals surface area contributed by atoms with Crippen LogP contribution in [0.25, 0.3) is 0 Å². The number of aliphatic carboxylic acids is 2. The molecule has 1 aliphatic carbocycles. The molecule has 1 heterocycles. The fraction of sp³-hybridized carbons (Fsp3) is 0.800. The number of piperidine rings is 1. The largest absolute Gasteiger partial charge is 0.550 e. The predicted molar refractivity (Wildman–Crippen MR) is 69.5 cm³/mol. The molecule has 1 amide bonds. The van der Waals surface area contributed by atoms with Crippen molar-refractivity contribution in [3.8, 4) is 0 Å². The summed E-state index contributed by atoms with van der Waals surface area (Å²) in [6, 6.07) is 0. The number of hydrogen-bond acceptors (Lipinski definition) is 5. The Kier molecular flexibility index (Phi) is 4.85. The van der Waals surface area contributed by atoms with Gasteiger partial charge in [0.1, 0.15) is 0 Å². The van der Waals surface area contributed by atoms with Gasteiger partial charge < -0.3 is 24.7 Å². The van der Waals surface area contributed by atoms with E-state index in [0.717, 1.165) is 25.7 Å². The van der Waals surface area contributed by atoms with E-state index in [-0.39, 0.29) is 18.7 Å². The van der Waals surface area contributed by atoms with Gasteiger partial charge in [0.2, 0.25) is 5.91 Å². The molecule has 0 N–H and O–H groups in total. The molecule has 6 heteroatoms. The number of hydrogen-bond donors (Lipinski definition) is 0. The zero-order valence-corrected chi connectivity index (χ0v) is 12.1. The lowest BCUT2D eigenvalue weighted by Crippen LogP contribution is -2.45. The van der Waals surface area contributed by atoms with Gasteiger partial charge in [-0.2, -0.15) is 0 Å². The number of carbonyl (C=O) groups is 3. The van der Waals surface area contributed by atoms with Crippen molar-refractivity contribution < 1.29 is 24.6 Å². The quantitative estimate of drug-likeness (QED) is 0.652. The molecule has 6 nitrogen and oxygen atoms in total. The first kappa shape index (κ1) is 15.8. The van der Waals surface area contributed by atoms with Gasteiger partial charge in [-0.05, 0) is 37.5 Å². The van der Waals surface area contributed by atoms with Crippen LogP contribution >= 0.6 is 0 Å². The lowest BCUT2D eigenvalue weighted by atomic mass is 9.79. The second kappa shape index (κ2) is 6.45. The Labute approximate surface area is 124 Å². The topological polar surface area (TPSA) is 101 Å². The van der Waals surface area contributed by atoms with Crippen LogP contribution in [0.5, 0.6) is 0 Å². The highest BCUT2D eigenvalue weighted by molar-refractivity contribution is 5.78. The molecule has 0 unspecified atom stereocenters. The molecule has 0 radical (unpaired) electrons. The Hall–Kier alpha value is -1.59. The van der Waals surface area contributed by atoms with Crippen LogP contribution in [0.1, 0.15) is 51.4 Å². The van der Waals surface area contributed by atoms with Gasteiger partial charge in [-0.3, -0.25) is 4.79 Å². The highest BCUT2D eigenvalue weighted by Gasteiger charge is 2.37. The van der Waals surface area contributed by atoms with Gasteiger partial charge in [-0.25, -0.2) is 0 Å². The Balaban J connectivity index is 1.91. The summed E-state index contributed by atoms with van der Waals surface area (Å²) < 4.78 is 0. The fourth-order valence-electron chi connectivity index (χ4n) is 3.64. The SMILES string of the molecule is O=C([O-])CC1(CC(=O)N2CCC(C(=O)[O-])CC2)CCCC1. The second-order valence-electron chi connectivity index (χ2n) is 6.41. The average Bonchev–Trinajstić information content (AvgIpc) is 2.86. The van der Waals surface area contributed by atoms with E-state index in [0.29, 0.717) is 25.9 Å². The smallest absolute Gasteiger partial charge is 0.223 e. The van der Waals surface area contributed by atoms with E-state index in [9.17, 15) is 24.6 Å². The maximum Gasteiger partial charge on any atom is 0.223 e. The number of carboxylic acids is 2. The van der Waals surface area contributed by atoms with Crippen LogP contribution in [-0.4, -0.2) is 35.8 Å². The zero-order chi connectivity index (χ0) is 15.5. The van der Waals surface area contributed by atoms with Crippen molar-refractivity contribution in [2.24, 2.45) is 11.3 Å². The summed E-state index contributed by atoms with van der Waals surface area (Å²) in [6.07, 6.45) is 4.42. The van der Waals surface area contributed by atoms with Gasteiger partial charge in [0.05, 0.1) is 0 Å². The second-order valence-corrected chi connectivity index (χ2v) is 6.41. The molecule has 118 valence electrons. The van der Waals surface area contributed by atoms with Crippen LogP contribution in [0, 0.1) is 11.3 Å². The molecule has 21 heavy (non-hydrogen) atoms. The first-order valence-electron chi connectivity index (χ1n) is 7.60. The average molecular weight is 295 g/mol. The maximum atomic E-state index is 12.4. The van der Waals surface area contributed by atoms with Crippen molar-refractivity contribution in [2.75, 3.05) is 13.1 Å². The van der Waals surface area contributed by atoms with Crippen LogP contribution in [-0.2, 0) is 14.4 Å². The standard InChI is InChI=1S/C15H23NO5/c17-12(16-7-3-11(4-8-16)14(20)21)9-15(10-13(18)19)5-1-2-6-15/h11H,1-10H2,(H,18,19)(H,20,21)/p-2. The zero-order valence-electron chi connectivity index (χ0n) is 12.1. The van der Waals surface area contributed by atoms with Crippen molar-refractivity contribution in [3.63, 3.8) is 0 Å². The Morgan fingerprint density at radius 1 is 1.00 bits per heavy atom. The maximum absolute atomic E-state index is 12.4. The van der Waals surface area contributed by atoms with E-state index in [2.05, 4.69) is 0 Å².